The largest absolute Gasteiger partial charge is 0.455 e. The van der Waals surface area contributed by atoms with E-state index < -0.39 is 0 Å². The van der Waals surface area contributed by atoms with Crippen molar-refractivity contribution in [1.82, 2.24) is 15.0 Å². The molecule has 0 saturated carbocycles. The number of fused-ring (bicyclic) bond motifs is 4. The van der Waals surface area contributed by atoms with Crippen LogP contribution in [-0.2, 0) is 0 Å². The van der Waals surface area contributed by atoms with E-state index in [1.165, 1.54) is 33.0 Å². The van der Waals surface area contributed by atoms with Gasteiger partial charge in [0.15, 0.2) is 17.5 Å². The summed E-state index contributed by atoms with van der Waals surface area (Å²) < 4.78 is 6.40. The minimum atomic E-state index is 0.568. The van der Waals surface area contributed by atoms with E-state index in [4.69, 9.17) is 19.4 Å². The minimum absolute atomic E-state index is 0.568. The summed E-state index contributed by atoms with van der Waals surface area (Å²) in [5, 5.41) is 4.56. The lowest BCUT2D eigenvalue weighted by atomic mass is 9.88. The van der Waals surface area contributed by atoms with Crippen LogP contribution in [0.3, 0.4) is 0 Å². The molecule has 0 aliphatic rings. The monoisotopic (exact) mass is 677 g/mol. The van der Waals surface area contributed by atoms with Crippen LogP contribution in [0.4, 0.5) is 0 Å². The molecule has 0 aliphatic heterocycles. The summed E-state index contributed by atoms with van der Waals surface area (Å²) >= 11 is 0. The van der Waals surface area contributed by atoms with Gasteiger partial charge in [-0.25, -0.2) is 15.0 Å². The zero-order chi connectivity index (χ0) is 35.1. The van der Waals surface area contributed by atoms with E-state index in [0.717, 1.165) is 49.8 Å². The van der Waals surface area contributed by atoms with Gasteiger partial charge in [0.25, 0.3) is 0 Å². The maximum Gasteiger partial charge on any atom is 0.167 e. The van der Waals surface area contributed by atoms with E-state index in [1.807, 2.05) is 60.7 Å². The Morgan fingerprint density at radius 2 is 0.736 bits per heavy atom. The van der Waals surface area contributed by atoms with Gasteiger partial charge in [-0.3, -0.25) is 0 Å². The van der Waals surface area contributed by atoms with E-state index in [2.05, 4.69) is 127 Å². The SMILES string of the molecule is c1ccc(-c2nc(-c3ccc(-c4ccccc4-c4ccc(-c5ccccc5)c5ccccc45)cc3)nc(-c3cccc4c3oc3ccccc34)n2)cc1. The summed E-state index contributed by atoms with van der Waals surface area (Å²) in [6, 6.07) is 65.3. The molecule has 10 aromatic rings. The predicted molar refractivity (Wildman–Crippen MR) is 217 cm³/mol. The molecule has 248 valence electrons. The molecule has 0 amide bonds. The second-order valence-corrected chi connectivity index (χ2v) is 13.1. The van der Waals surface area contributed by atoms with Crippen molar-refractivity contribution in [2.45, 2.75) is 0 Å². The van der Waals surface area contributed by atoms with Crippen LogP contribution < -0.4 is 0 Å². The average Bonchev–Trinajstić information content (AvgIpc) is 3.63. The highest BCUT2D eigenvalue weighted by atomic mass is 16.3. The van der Waals surface area contributed by atoms with Crippen molar-refractivity contribution in [1.29, 1.82) is 0 Å². The molecule has 0 radical (unpaired) electrons. The van der Waals surface area contributed by atoms with Gasteiger partial charge in [0.2, 0.25) is 0 Å². The fourth-order valence-electron chi connectivity index (χ4n) is 7.44. The van der Waals surface area contributed by atoms with Crippen molar-refractivity contribution < 1.29 is 4.42 Å². The first kappa shape index (κ1) is 30.6. The summed E-state index contributed by atoms with van der Waals surface area (Å²) in [6.07, 6.45) is 0. The molecular formula is C49H31N3O. The first-order chi connectivity index (χ1) is 26.3. The third-order valence-electron chi connectivity index (χ3n) is 9.99. The molecule has 0 aliphatic carbocycles. The molecule has 0 bridgehead atoms. The van der Waals surface area contributed by atoms with Crippen molar-refractivity contribution in [3.8, 4) is 67.5 Å². The van der Waals surface area contributed by atoms with Crippen molar-refractivity contribution in [3.63, 3.8) is 0 Å². The van der Waals surface area contributed by atoms with Gasteiger partial charge in [0, 0.05) is 21.9 Å². The number of para-hydroxylation sites is 2. The summed E-state index contributed by atoms with van der Waals surface area (Å²) in [4.78, 5) is 15.1. The number of hydrogen-bond acceptors (Lipinski definition) is 4. The summed E-state index contributed by atoms with van der Waals surface area (Å²) in [5.41, 5.74) is 11.4. The number of aromatic nitrogens is 3. The molecule has 0 N–H and O–H groups in total. The van der Waals surface area contributed by atoms with Crippen molar-refractivity contribution in [2.24, 2.45) is 0 Å². The Balaban J connectivity index is 1.08. The number of furan rings is 1. The van der Waals surface area contributed by atoms with Crippen LogP contribution in [0.5, 0.6) is 0 Å². The molecule has 2 heterocycles. The quantitative estimate of drug-likeness (QED) is 0.176. The molecule has 0 fully saturated rings. The Kier molecular flexibility index (Phi) is 7.43. The Morgan fingerprint density at radius 1 is 0.264 bits per heavy atom. The highest BCUT2D eigenvalue weighted by Gasteiger charge is 2.18. The molecular weight excluding hydrogens is 647 g/mol. The van der Waals surface area contributed by atoms with Gasteiger partial charge in [-0.05, 0) is 56.3 Å². The molecule has 8 aromatic carbocycles. The van der Waals surface area contributed by atoms with Crippen LogP contribution in [0, 0.1) is 0 Å². The summed E-state index contributed by atoms with van der Waals surface area (Å²) in [5.74, 6) is 1.78. The minimum Gasteiger partial charge on any atom is -0.455 e. The Bertz CT molecular complexity index is 2930. The molecule has 0 unspecified atom stereocenters. The van der Waals surface area contributed by atoms with E-state index >= 15 is 0 Å². The number of hydrogen-bond donors (Lipinski definition) is 0. The van der Waals surface area contributed by atoms with Gasteiger partial charge < -0.3 is 4.42 Å². The highest BCUT2D eigenvalue weighted by molar-refractivity contribution is 6.09. The Labute approximate surface area is 306 Å². The van der Waals surface area contributed by atoms with Crippen molar-refractivity contribution in [2.75, 3.05) is 0 Å². The van der Waals surface area contributed by atoms with E-state index in [-0.39, 0.29) is 0 Å². The van der Waals surface area contributed by atoms with Gasteiger partial charge in [-0.1, -0.05) is 176 Å². The molecule has 53 heavy (non-hydrogen) atoms. The van der Waals surface area contributed by atoms with Crippen molar-refractivity contribution in [3.05, 3.63) is 188 Å². The second kappa shape index (κ2) is 12.9. The summed E-state index contributed by atoms with van der Waals surface area (Å²) in [6.45, 7) is 0. The fraction of sp³-hybridized carbons (Fsp3) is 0. The molecule has 0 spiro atoms. The topological polar surface area (TPSA) is 51.8 Å². The first-order valence-corrected chi connectivity index (χ1v) is 17.8. The van der Waals surface area contributed by atoms with Crippen LogP contribution in [0.1, 0.15) is 0 Å². The first-order valence-electron chi connectivity index (χ1n) is 17.8. The zero-order valence-corrected chi connectivity index (χ0v) is 28.6. The summed E-state index contributed by atoms with van der Waals surface area (Å²) in [7, 11) is 0. The Morgan fingerprint density at radius 3 is 1.47 bits per heavy atom. The lowest BCUT2D eigenvalue weighted by Gasteiger charge is -2.15. The average molecular weight is 678 g/mol. The molecule has 4 heteroatoms. The van der Waals surface area contributed by atoms with Gasteiger partial charge in [-0.15, -0.1) is 0 Å². The predicted octanol–water partition coefficient (Wildman–Crippen LogP) is 12.9. The van der Waals surface area contributed by atoms with Crippen LogP contribution in [0.15, 0.2) is 192 Å². The molecule has 0 saturated heterocycles. The third-order valence-corrected chi connectivity index (χ3v) is 9.99. The van der Waals surface area contributed by atoms with Gasteiger partial charge >= 0.3 is 0 Å². The van der Waals surface area contributed by atoms with Gasteiger partial charge in [0.05, 0.1) is 5.56 Å². The Hall–Kier alpha value is -7.17. The van der Waals surface area contributed by atoms with E-state index in [1.54, 1.807) is 0 Å². The molecule has 4 nitrogen and oxygen atoms in total. The number of nitrogens with zero attached hydrogens (tertiary/aromatic N) is 3. The number of rotatable bonds is 6. The van der Waals surface area contributed by atoms with Crippen molar-refractivity contribution >= 4 is 32.7 Å². The van der Waals surface area contributed by atoms with Gasteiger partial charge in [-0.2, -0.15) is 0 Å². The molecule has 0 atom stereocenters. The van der Waals surface area contributed by atoms with E-state index in [9.17, 15) is 0 Å². The highest BCUT2D eigenvalue weighted by Crippen LogP contribution is 2.40. The van der Waals surface area contributed by atoms with Crippen LogP contribution in [0.25, 0.3) is 100 Å². The normalized spacial score (nSPS) is 11.4. The van der Waals surface area contributed by atoms with Crippen LogP contribution in [-0.4, -0.2) is 15.0 Å². The third kappa shape index (κ3) is 5.45. The standard InChI is InChI=1S/C49H31N3O/c1-3-14-32(15-4-1)37-30-31-41(40-21-10-9-20-39(37)40)38-19-8-7-18-36(38)33-26-28-35(29-27-33)48-50-47(34-16-5-2-6-17-34)51-49(52-48)44-24-13-23-43-42-22-11-12-25-45(42)53-46(43)44/h1-31H. The molecule has 10 rings (SSSR count). The lowest BCUT2D eigenvalue weighted by Crippen LogP contribution is -2.00. The van der Waals surface area contributed by atoms with Gasteiger partial charge in [0.1, 0.15) is 11.2 Å². The zero-order valence-electron chi connectivity index (χ0n) is 28.6. The second-order valence-electron chi connectivity index (χ2n) is 13.1. The maximum atomic E-state index is 6.40. The van der Waals surface area contributed by atoms with Crippen LogP contribution in [0.2, 0.25) is 0 Å². The van der Waals surface area contributed by atoms with Crippen LogP contribution >= 0.6 is 0 Å². The maximum absolute atomic E-state index is 6.40. The molecule has 2 aromatic heterocycles. The smallest absolute Gasteiger partial charge is 0.167 e. The number of benzene rings is 8. The lowest BCUT2D eigenvalue weighted by molar-refractivity contribution is 0.669. The van der Waals surface area contributed by atoms with E-state index in [0.29, 0.717) is 17.5 Å². The fourth-order valence-corrected chi connectivity index (χ4v) is 7.44.